The van der Waals surface area contributed by atoms with E-state index in [1.165, 1.54) is 12.8 Å². The fourth-order valence-corrected chi connectivity index (χ4v) is 3.38. The molecule has 1 aliphatic heterocycles. The van der Waals surface area contributed by atoms with Gasteiger partial charge in [-0.1, -0.05) is 19.8 Å². The minimum absolute atomic E-state index is 0.0298. The van der Waals surface area contributed by atoms with Gasteiger partial charge in [-0.05, 0) is 43.5 Å². The Kier molecular flexibility index (Phi) is 6.18. The maximum Gasteiger partial charge on any atom is 0.335 e. The summed E-state index contributed by atoms with van der Waals surface area (Å²) in [5.74, 6) is 0.215. The van der Waals surface area contributed by atoms with Crippen LogP contribution in [-0.2, 0) is 0 Å². The second-order valence-electron chi connectivity index (χ2n) is 6.76. The Morgan fingerprint density at radius 3 is 2.36 bits per heavy atom. The van der Waals surface area contributed by atoms with Crippen LogP contribution in [0.5, 0.6) is 11.6 Å². The van der Waals surface area contributed by atoms with E-state index in [1.54, 1.807) is 31.4 Å². The molecule has 1 aromatic heterocycles. The van der Waals surface area contributed by atoms with Crippen LogP contribution in [0, 0.1) is 0 Å². The van der Waals surface area contributed by atoms with Crippen LogP contribution >= 0.6 is 0 Å². The topological polar surface area (TPSA) is 99.9 Å². The van der Waals surface area contributed by atoms with Gasteiger partial charge in [-0.2, -0.15) is 5.10 Å². The molecule has 1 aromatic carbocycles. The Bertz CT molecular complexity index is 952. The van der Waals surface area contributed by atoms with Crippen LogP contribution in [0.3, 0.4) is 0 Å². The Hall–Kier alpha value is -3.03. The Balaban J connectivity index is 2.09. The number of H-pyrrole nitrogens is 1. The quantitative estimate of drug-likeness (QED) is 0.768. The Morgan fingerprint density at radius 1 is 1.14 bits per heavy atom. The second kappa shape index (κ2) is 8.77. The largest absolute Gasteiger partial charge is 0.497 e. The number of hydrazone groups is 1. The number of aromatic nitrogens is 2. The van der Waals surface area contributed by atoms with Crippen molar-refractivity contribution >= 4 is 5.71 Å². The van der Waals surface area contributed by atoms with Crippen molar-refractivity contribution < 1.29 is 9.84 Å². The predicted octanol–water partition coefficient (Wildman–Crippen LogP) is 2.23. The standard InChI is InChI=1S/C20H26N4O4/c1-3-16(22-23-12-6-4-5-7-13-23)17-18(25)21-20(27)24(19(17)26)14-8-10-15(28-2)11-9-14/h8-11,26H,3-7,12-13H2,1-2H3,(H,21,25,27). The lowest BCUT2D eigenvalue weighted by atomic mass is 10.1. The lowest BCUT2D eigenvalue weighted by Gasteiger charge is -2.19. The zero-order valence-electron chi connectivity index (χ0n) is 16.3. The van der Waals surface area contributed by atoms with Gasteiger partial charge in [0.1, 0.15) is 11.3 Å². The molecule has 0 radical (unpaired) electrons. The molecule has 1 fully saturated rings. The number of hydrogen-bond donors (Lipinski definition) is 2. The van der Waals surface area contributed by atoms with Crippen LogP contribution in [0.4, 0.5) is 0 Å². The van der Waals surface area contributed by atoms with Crippen molar-refractivity contribution in [1.82, 2.24) is 14.6 Å². The summed E-state index contributed by atoms with van der Waals surface area (Å²) in [6.45, 7) is 3.51. The molecule has 2 N–H and O–H groups in total. The first-order valence-electron chi connectivity index (χ1n) is 9.60. The third-order valence-corrected chi connectivity index (χ3v) is 4.88. The van der Waals surface area contributed by atoms with Gasteiger partial charge in [0, 0.05) is 13.1 Å². The molecule has 0 atom stereocenters. The summed E-state index contributed by atoms with van der Waals surface area (Å²) < 4.78 is 6.20. The average Bonchev–Trinajstić information content (AvgIpc) is 2.96. The number of nitrogens with one attached hydrogen (secondary N) is 1. The SMILES string of the molecule is CCC(=NN1CCCCCC1)c1c(O)n(-c2ccc(OC)cc2)c(=O)[nH]c1=O. The van der Waals surface area contributed by atoms with Crippen LogP contribution in [0.1, 0.15) is 44.6 Å². The molecular formula is C20H26N4O4. The van der Waals surface area contributed by atoms with Gasteiger partial charge in [-0.3, -0.25) is 14.8 Å². The number of ether oxygens (including phenoxy) is 1. The summed E-state index contributed by atoms with van der Waals surface area (Å²) in [5.41, 5.74) is -0.430. The normalized spacial score (nSPS) is 15.4. The van der Waals surface area contributed by atoms with Crippen molar-refractivity contribution in [2.45, 2.75) is 39.0 Å². The first-order valence-corrected chi connectivity index (χ1v) is 9.60. The highest BCUT2D eigenvalue weighted by Gasteiger charge is 2.20. The van der Waals surface area contributed by atoms with Gasteiger partial charge in [0.05, 0.1) is 18.5 Å². The van der Waals surface area contributed by atoms with Crippen LogP contribution in [0.25, 0.3) is 5.69 Å². The summed E-state index contributed by atoms with van der Waals surface area (Å²) in [7, 11) is 1.55. The van der Waals surface area contributed by atoms with E-state index in [9.17, 15) is 14.7 Å². The molecule has 0 saturated carbocycles. The van der Waals surface area contributed by atoms with Crippen LogP contribution in [0.15, 0.2) is 39.0 Å². The number of aromatic amines is 1. The van der Waals surface area contributed by atoms with Crippen molar-refractivity contribution in [3.05, 3.63) is 50.7 Å². The highest BCUT2D eigenvalue weighted by molar-refractivity contribution is 6.01. The summed E-state index contributed by atoms with van der Waals surface area (Å²) in [6.07, 6.45) is 4.89. The zero-order chi connectivity index (χ0) is 20.1. The number of aromatic hydroxyl groups is 1. The lowest BCUT2D eigenvalue weighted by molar-refractivity contribution is 0.300. The smallest absolute Gasteiger partial charge is 0.335 e. The van der Waals surface area contributed by atoms with Crippen LogP contribution in [0.2, 0.25) is 0 Å². The second-order valence-corrected chi connectivity index (χ2v) is 6.76. The van der Waals surface area contributed by atoms with Crippen molar-refractivity contribution in [2.24, 2.45) is 5.10 Å². The first-order chi connectivity index (χ1) is 13.5. The summed E-state index contributed by atoms with van der Waals surface area (Å²) in [6, 6.07) is 6.63. The molecular weight excluding hydrogens is 360 g/mol. The van der Waals surface area contributed by atoms with E-state index in [4.69, 9.17) is 4.74 Å². The van der Waals surface area contributed by atoms with E-state index in [0.717, 1.165) is 30.5 Å². The van der Waals surface area contributed by atoms with E-state index in [-0.39, 0.29) is 5.56 Å². The summed E-state index contributed by atoms with van der Waals surface area (Å²) >= 11 is 0. The monoisotopic (exact) mass is 386 g/mol. The molecule has 2 aromatic rings. The predicted molar refractivity (Wildman–Crippen MR) is 108 cm³/mol. The first kappa shape index (κ1) is 19.7. The minimum Gasteiger partial charge on any atom is -0.497 e. The van der Waals surface area contributed by atoms with Crippen LogP contribution in [-0.4, -0.2) is 45.6 Å². The Morgan fingerprint density at radius 2 is 1.79 bits per heavy atom. The summed E-state index contributed by atoms with van der Waals surface area (Å²) in [4.78, 5) is 27.2. The fraction of sp³-hybridized carbons (Fsp3) is 0.450. The molecule has 8 nitrogen and oxygen atoms in total. The average molecular weight is 386 g/mol. The molecule has 0 bridgehead atoms. The van der Waals surface area contributed by atoms with E-state index in [2.05, 4.69) is 10.1 Å². The van der Waals surface area contributed by atoms with Gasteiger partial charge in [-0.25, -0.2) is 9.36 Å². The van der Waals surface area contributed by atoms with Gasteiger partial charge in [0.25, 0.3) is 5.56 Å². The molecule has 0 unspecified atom stereocenters. The van der Waals surface area contributed by atoms with E-state index < -0.39 is 17.1 Å². The number of benzene rings is 1. The lowest BCUT2D eigenvalue weighted by Crippen LogP contribution is -2.34. The maximum atomic E-state index is 12.5. The molecule has 3 rings (SSSR count). The number of rotatable bonds is 5. The van der Waals surface area contributed by atoms with Gasteiger partial charge >= 0.3 is 5.69 Å². The van der Waals surface area contributed by atoms with E-state index in [1.807, 2.05) is 11.9 Å². The number of methoxy groups -OCH3 is 1. The molecule has 0 aliphatic carbocycles. The molecule has 150 valence electrons. The highest BCUT2D eigenvalue weighted by atomic mass is 16.5. The third kappa shape index (κ3) is 4.11. The fourth-order valence-electron chi connectivity index (χ4n) is 3.38. The van der Waals surface area contributed by atoms with Crippen molar-refractivity contribution in [3.63, 3.8) is 0 Å². The summed E-state index contributed by atoms with van der Waals surface area (Å²) in [5, 5.41) is 17.4. The van der Waals surface area contributed by atoms with Crippen molar-refractivity contribution in [1.29, 1.82) is 0 Å². The molecule has 1 saturated heterocycles. The number of hydrogen-bond acceptors (Lipinski definition) is 6. The molecule has 0 spiro atoms. The third-order valence-electron chi connectivity index (χ3n) is 4.88. The zero-order valence-corrected chi connectivity index (χ0v) is 16.3. The van der Waals surface area contributed by atoms with Gasteiger partial charge in [0.2, 0.25) is 5.88 Å². The van der Waals surface area contributed by atoms with Crippen molar-refractivity contribution in [2.75, 3.05) is 20.2 Å². The van der Waals surface area contributed by atoms with Gasteiger partial charge in [-0.15, -0.1) is 0 Å². The van der Waals surface area contributed by atoms with Gasteiger partial charge in [0.15, 0.2) is 0 Å². The molecule has 2 heterocycles. The number of nitrogens with zero attached hydrogens (tertiary/aromatic N) is 3. The van der Waals surface area contributed by atoms with Crippen LogP contribution < -0.4 is 16.0 Å². The van der Waals surface area contributed by atoms with Crippen molar-refractivity contribution in [3.8, 4) is 17.3 Å². The minimum atomic E-state index is -0.707. The maximum absolute atomic E-state index is 12.5. The molecule has 8 heteroatoms. The molecule has 0 amide bonds. The van der Waals surface area contributed by atoms with E-state index in [0.29, 0.717) is 23.6 Å². The Labute approximate surface area is 163 Å². The van der Waals surface area contributed by atoms with E-state index >= 15 is 0 Å². The van der Waals surface area contributed by atoms with Gasteiger partial charge < -0.3 is 9.84 Å². The highest BCUT2D eigenvalue weighted by Crippen LogP contribution is 2.21. The molecule has 28 heavy (non-hydrogen) atoms. The molecule has 1 aliphatic rings.